The van der Waals surface area contributed by atoms with E-state index < -0.39 is 0 Å². The van der Waals surface area contributed by atoms with Gasteiger partial charge in [-0.2, -0.15) is 0 Å². The molecular weight excluding hydrogens is 454 g/mol. The van der Waals surface area contributed by atoms with Gasteiger partial charge in [0.2, 0.25) is 0 Å². The second-order valence-electron chi connectivity index (χ2n) is 9.77. The van der Waals surface area contributed by atoms with Gasteiger partial charge in [-0.1, -0.05) is 106 Å². The zero-order valence-electron chi connectivity index (χ0n) is 22.6. The summed E-state index contributed by atoms with van der Waals surface area (Å²) in [5.74, 6) is 1.97. The van der Waals surface area contributed by atoms with Crippen LogP contribution in [-0.2, 0) is 19.6 Å². The molecule has 0 saturated heterocycles. The number of aromatic nitrogens is 2. The highest BCUT2D eigenvalue weighted by molar-refractivity contribution is 5.56. The zero-order valence-corrected chi connectivity index (χ0v) is 22.6. The van der Waals surface area contributed by atoms with Gasteiger partial charge in [-0.25, -0.2) is 4.98 Å². The third-order valence-corrected chi connectivity index (χ3v) is 7.04. The molecule has 1 atom stereocenters. The second kappa shape index (κ2) is 13.8. The fourth-order valence-corrected chi connectivity index (χ4v) is 5.00. The molecule has 4 aromatic rings. The van der Waals surface area contributed by atoms with E-state index >= 15 is 0 Å². The lowest BCUT2D eigenvalue weighted by molar-refractivity contribution is 0.159. The fourth-order valence-electron chi connectivity index (χ4n) is 5.00. The highest BCUT2D eigenvalue weighted by Gasteiger charge is 2.26. The van der Waals surface area contributed by atoms with E-state index in [4.69, 9.17) is 9.72 Å². The summed E-state index contributed by atoms with van der Waals surface area (Å²) in [6, 6.07) is 30.3. The number of rotatable bonds is 14. The molecule has 4 nitrogen and oxygen atoms in total. The van der Waals surface area contributed by atoms with Crippen LogP contribution < -0.4 is 4.74 Å². The van der Waals surface area contributed by atoms with Gasteiger partial charge in [0.05, 0.1) is 25.0 Å². The minimum Gasteiger partial charge on any atom is -0.497 e. The van der Waals surface area contributed by atoms with E-state index in [0.29, 0.717) is 0 Å². The number of imidazole rings is 1. The average Bonchev–Trinajstić information content (AvgIpc) is 3.37. The monoisotopic (exact) mass is 495 g/mol. The van der Waals surface area contributed by atoms with Crippen molar-refractivity contribution in [1.82, 2.24) is 14.5 Å². The summed E-state index contributed by atoms with van der Waals surface area (Å²) < 4.78 is 7.90. The van der Waals surface area contributed by atoms with Crippen molar-refractivity contribution in [3.05, 3.63) is 108 Å². The van der Waals surface area contributed by atoms with Crippen molar-refractivity contribution in [3.63, 3.8) is 0 Å². The maximum absolute atomic E-state index is 5.41. The molecule has 0 radical (unpaired) electrons. The van der Waals surface area contributed by atoms with Gasteiger partial charge in [0.1, 0.15) is 11.6 Å². The maximum atomic E-state index is 5.41. The Morgan fingerprint density at radius 3 is 2.03 bits per heavy atom. The van der Waals surface area contributed by atoms with Crippen molar-refractivity contribution in [3.8, 4) is 17.1 Å². The summed E-state index contributed by atoms with van der Waals surface area (Å²) in [7, 11) is 1.72. The van der Waals surface area contributed by atoms with Crippen LogP contribution >= 0.6 is 0 Å². The first kappa shape index (κ1) is 26.7. The molecule has 0 aliphatic carbocycles. The molecule has 0 aliphatic rings. The molecule has 0 saturated carbocycles. The van der Waals surface area contributed by atoms with Crippen LogP contribution in [0.25, 0.3) is 11.4 Å². The smallest absolute Gasteiger partial charge is 0.140 e. The molecule has 3 aromatic carbocycles. The number of benzene rings is 3. The highest BCUT2D eigenvalue weighted by Crippen LogP contribution is 2.33. The third kappa shape index (κ3) is 7.11. The van der Waals surface area contributed by atoms with E-state index in [1.54, 1.807) is 7.11 Å². The Kier molecular flexibility index (Phi) is 9.96. The van der Waals surface area contributed by atoms with Crippen LogP contribution in [0, 0.1) is 0 Å². The number of ether oxygens (including phenoxy) is 1. The zero-order chi connectivity index (χ0) is 25.9. The van der Waals surface area contributed by atoms with E-state index in [1.165, 1.54) is 35.2 Å². The van der Waals surface area contributed by atoms with Crippen molar-refractivity contribution < 1.29 is 4.74 Å². The first-order chi connectivity index (χ1) is 18.2. The summed E-state index contributed by atoms with van der Waals surface area (Å²) in [5.41, 5.74) is 5.13. The van der Waals surface area contributed by atoms with Gasteiger partial charge in [-0.3, -0.25) is 4.90 Å². The summed E-state index contributed by atoms with van der Waals surface area (Å²) in [6.45, 7) is 7.29. The Morgan fingerprint density at radius 2 is 1.41 bits per heavy atom. The molecule has 0 amide bonds. The van der Waals surface area contributed by atoms with Crippen molar-refractivity contribution in [2.24, 2.45) is 0 Å². The van der Waals surface area contributed by atoms with Gasteiger partial charge < -0.3 is 9.30 Å². The normalized spacial score (nSPS) is 12.1. The molecule has 1 aromatic heterocycles. The maximum Gasteiger partial charge on any atom is 0.140 e. The van der Waals surface area contributed by atoms with E-state index in [2.05, 4.69) is 114 Å². The van der Waals surface area contributed by atoms with Gasteiger partial charge in [0, 0.05) is 25.2 Å². The molecule has 0 spiro atoms. The predicted molar refractivity (Wildman–Crippen MR) is 154 cm³/mol. The molecular formula is C33H41N3O. The molecule has 0 fully saturated rings. The minimum absolute atomic E-state index is 0.268. The standard InChI is InChI=1S/C33H41N3O/c1-4-6-18-31(32-24-34-33(36(32)23-7-5-2)29-16-12-9-13-17-29)35(25-27-14-10-8-11-15-27)26-28-19-21-30(37-3)22-20-28/h8-17,19-22,24,31H,4-7,18,23,25-26H2,1-3H3. The Labute approximate surface area is 222 Å². The first-order valence-electron chi connectivity index (χ1n) is 13.7. The Hall–Kier alpha value is -3.37. The number of nitrogens with zero attached hydrogens (tertiary/aromatic N) is 3. The number of unbranched alkanes of at least 4 members (excludes halogenated alkanes) is 2. The molecule has 1 heterocycles. The molecule has 37 heavy (non-hydrogen) atoms. The topological polar surface area (TPSA) is 30.3 Å². The van der Waals surface area contributed by atoms with Gasteiger partial charge in [-0.15, -0.1) is 0 Å². The Bertz CT molecular complexity index is 1190. The molecule has 4 rings (SSSR count). The van der Waals surface area contributed by atoms with E-state index in [-0.39, 0.29) is 6.04 Å². The lowest BCUT2D eigenvalue weighted by Gasteiger charge is -2.33. The lowest BCUT2D eigenvalue weighted by Crippen LogP contribution is -2.30. The Morgan fingerprint density at radius 1 is 0.784 bits per heavy atom. The van der Waals surface area contributed by atoms with Crippen LogP contribution in [0.3, 0.4) is 0 Å². The van der Waals surface area contributed by atoms with Crippen molar-refractivity contribution >= 4 is 0 Å². The van der Waals surface area contributed by atoms with E-state index in [0.717, 1.165) is 50.5 Å². The number of methoxy groups -OCH3 is 1. The molecule has 194 valence electrons. The quantitative estimate of drug-likeness (QED) is 0.176. The Balaban J connectivity index is 1.76. The van der Waals surface area contributed by atoms with Crippen LogP contribution in [0.5, 0.6) is 5.75 Å². The van der Waals surface area contributed by atoms with Crippen molar-refractivity contribution in [2.75, 3.05) is 7.11 Å². The molecule has 4 heteroatoms. The average molecular weight is 496 g/mol. The van der Waals surface area contributed by atoms with Crippen LogP contribution in [0.4, 0.5) is 0 Å². The van der Waals surface area contributed by atoms with Gasteiger partial charge in [-0.05, 0) is 36.1 Å². The largest absolute Gasteiger partial charge is 0.497 e. The van der Waals surface area contributed by atoms with Gasteiger partial charge >= 0.3 is 0 Å². The highest BCUT2D eigenvalue weighted by atomic mass is 16.5. The predicted octanol–water partition coefficient (Wildman–Crippen LogP) is 8.29. The SMILES string of the molecule is CCCCC(c1cnc(-c2ccccc2)n1CCCC)N(Cc1ccccc1)Cc1ccc(OC)cc1. The summed E-state index contributed by atoms with van der Waals surface area (Å²) >= 11 is 0. The second-order valence-corrected chi connectivity index (χ2v) is 9.77. The van der Waals surface area contributed by atoms with Crippen molar-refractivity contribution in [1.29, 1.82) is 0 Å². The summed E-state index contributed by atoms with van der Waals surface area (Å²) in [6.07, 6.45) is 7.90. The van der Waals surface area contributed by atoms with Crippen LogP contribution in [0.15, 0.2) is 91.1 Å². The van der Waals surface area contributed by atoms with E-state index in [9.17, 15) is 0 Å². The summed E-state index contributed by atoms with van der Waals surface area (Å²) in [4.78, 5) is 7.65. The molecule has 0 aliphatic heterocycles. The first-order valence-corrected chi connectivity index (χ1v) is 13.7. The third-order valence-electron chi connectivity index (χ3n) is 7.04. The van der Waals surface area contributed by atoms with Crippen LogP contribution in [0.2, 0.25) is 0 Å². The van der Waals surface area contributed by atoms with Crippen molar-refractivity contribution in [2.45, 2.75) is 71.6 Å². The van der Waals surface area contributed by atoms with E-state index in [1.807, 2.05) is 0 Å². The molecule has 0 bridgehead atoms. The number of hydrogen-bond acceptors (Lipinski definition) is 3. The minimum atomic E-state index is 0.268. The van der Waals surface area contributed by atoms with Crippen LogP contribution in [0.1, 0.15) is 68.8 Å². The number of hydrogen-bond donors (Lipinski definition) is 0. The van der Waals surface area contributed by atoms with Crippen LogP contribution in [-0.4, -0.2) is 21.6 Å². The lowest BCUT2D eigenvalue weighted by atomic mass is 10.0. The van der Waals surface area contributed by atoms with Gasteiger partial charge in [0.15, 0.2) is 0 Å². The molecule has 1 unspecified atom stereocenters. The summed E-state index contributed by atoms with van der Waals surface area (Å²) in [5, 5.41) is 0. The fraction of sp³-hybridized carbons (Fsp3) is 0.364. The van der Waals surface area contributed by atoms with Gasteiger partial charge in [0.25, 0.3) is 0 Å². The molecule has 0 N–H and O–H groups in total.